The standard InChI is InChI=1S/C19H30N2O3/c1-14-6-7-18(13-15(14)2)24-17-8-10-21(11-9-17)19(23)20-16(3)5-4-12-22/h6-7,13,16-17,22H,4-5,8-12H2,1-3H3,(H,20,23). The molecule has 1 aromatic rings. The van der Waals surface area contributed by atoms with Gasteiger partial charge in [0.1, 0.15) is 11.9 Å². The first-order chi connectivity index (χ1) is 11.5. The van der Waals surface area contributed by atoms with Crippen LogP contribution in [0.25, 0.3) is 0 Å². The maximum absolute atomic E-state index is 12.2. The predicted molar refractivity (Wildman–Crippen MR) is 95.5 cm³/mol. The number of nitrogens with one attached hydrogen (secondary N) is 1. The Kier molecular flexibility index (Phi) is 6.91. The Labute approximate surface area is 145 Å². The molecule has 5 heteroatoms. The van der Waals surface area contributed by atoms with E-state index in [0.29, 0.717) is 19.5 Å². The highest BCUT2D eigenvalue weighted by molar-refractivity contribution is 5.74. The number of aryl methyl sites for hydroxylation is 2. The Morgan fingerprint density at radius 1 is 1.33 bits per heavy atom. The van der Waals surface area contributed by atoms with Gasteiger partial charge in [0.25, 0.3) is 0 Å². The van der Waals surface area contributed by atoms with Crippen LogP contribution in [0.1, 0.15) is 43.7 Å². The quantitative estimate of drug-likeness (QED) is 0.840. The van der Waals surface area contributed by atoms with Crippen LogP contribution in [-0.2, 0) is 0 Å². The van der Waals surface area contributed by atoms with Gasteiger partial charge in [0.15, 0.2) is 0 Å². The summed E-state index contributed by atoms with van der Waals surface area (Å²) in [5.41, 5.74) is 2.50. The fourth-order valence-corrected chi connectivity index (χ4v) is 2.93. The molecule has 1 atom stereocenters. The maximum atomic E-state index is 12.2. The van der Waals surface area contributed by atoms with Crippen molar-refractivity contribution in [3.63, 3.8) is 0 Å². The third-order valence-electron chi connectivity index (χ3n) is 4.68. The van der Waals surface area contributed by atoms with Crippen molar-refractivity contribution in [3.05, 3.63) is 29.3 Å². The molecule has 2 N–H and O–H groups in total. The Morgan fingerprint density at radius 2 is 2.04 bits per heavy atom. The first-order valence-electron chi connectivity index (χ1n) is 8.90. The highest BCUT2D eigenvalue weighted by atomic mass is 16.5. The van der Waals surface area contributed by atoms with E-state index in [2.05, 4.69) is 31.3 Å². The number of piperidine rings is 1. The van der Waals surface area contributed by atoms with Gasteiger partial charge in [0, 0.05) is 38.6 Å². The summed E-state index contributed by atoms with van der Waals surface area (Å²) >= 11 is 0. The minimum atomic E-state index is -0.00919. The van der Waals surface area contributed by atoms with Gasteiger partial charge >= 0.3 is 6.03 Å². The van der Waals surface area contributed by atoms with Crippen molar-refractivity contribution in [1.29, 1.82) is 0 Å². The molecule has 0 spiro atoms. The van der Waals surface area contributed by atoms with Crippen molar-refractivity contribution >= 4 is 6.03 Å². The molecule has 2 rings (SSSR count). The van der Waals surface area contributed by atoms with Crippen LogP contribution in [0.3, 0.4) is 0 Å². The van der Waals surface area contributed by atoms with E-state index in [9.17, 15) is 4.79 Å². The lowest BCUT2D eigenvalue weighted by molar-refractivity contribution is 0.110. The van der Waals surface area contributed by atoms with Gasteiger partial charge in [-0.3, -0.25) is 0 Å². The lowest BCUT2D eigenvalue weighted by atomic mass is 10.1. The van der Waals surface area contributed by atoms with E-state index in [0.717, 1.165) is 25.0 Å². The third-order valence-corrected chi connectivity index (χ3v) is 4.68. The Bertz CT molecular complexity index is 539. The summed E-state index contributed by atoms with van der Waals surface area (Å²) in [5, 5.41) is 11.8. The van der Waals surface area contributed by atoms with Crippen molar-refractivity contribution in [2.24, 2.45) is 0 Å². The molecule has 1 aromatic carbocycles. The van der Waals surface area contributed by atoms with E-state index < -0.39 is 0 Å². The van der Waals surface area contributed by atoms with E-state index in [1.54, 1.807) is 0 Å². The van der Waals surface area contributed by atoms with Crippen LogP contribution < -0.4 is 10.1 Å². The number of aliphatic hydroxyl groups excluding tert-OH is 1. The Hall–Kier alpha value is -1.75. The molecule has 0 aliphatic carbocycles. The minimum absolute atomic E-state index is 0.00919. The average molecular weight is 334 g/mol. The van der Waals surface area contributed by atoms with Crippen LogP contribution in [0.15, 0.2) is 18.2 Å². The molecule has 24 heavy (non-hydrogen) atoms. The number of rotatable bonds is 6. The van der Waals surface area contributed by atoms with Crippen molar-refractivity contribution < 1.29 is 14.6 Å². The second kappa shape index (κ2) is 8.92. The van der Waals surface area contributed by atoms with Crippen LogP contribution in [0.4, 0.5) is 4.79 Å². The SMILES string of the molecule is Cc1ccc(OC2CCN(C(=O)NC(C)CCCO)CC2)cc1C. The van der Waals surface area contributed by atoms with Crippen LogP contribution in [-0.4, -0.2) is 47.9 Å². The zero-order valence-corrected chi connectivity index (χ0v) is 15.0. The number of aliphatic hydroxyl groups is 1. The summed E-state index contributed by atoms with van der Waals surface area (Å²) in [6.45, 7) is 7.76. The van der Waals surface area contributed by atoms with Gasteiger partial charge in [-0.1, -0.05) is 6.07 Å². The minimum Gasteiger partial charge on any atom is -0.490 e. The molecule has 134 valence electrons. The molecular weight excluding hydrogens is 304 g/mol. The molecule has 1 aliphatic heterocycles. The molecule has 1 unspecified atom stereocenters. The fraction of sp³-hybridized carbons (Fsp3) is 0.632. The summed E-state index contributed by atoms with van der Waals surface area (Å²) in [6, 6.07) is 6.27. The monoisotopic (exact) mass is 334 g/mol. The molecule has 5 nitrogen and oxygen atoms in total. The van der Waals surface area contributed by atoms with E-state index in [1.165, 1.54) is 11.1 Å². The van der Waals surface area contributed by atoms with E-state index in [1.807, 2.05) is 17.9 Å². The number of likely N-dealkylation sites (tertiary alicyclic amines) is 1. The highest BCUT2D eigenvalue weighted by Crippen LogP contribution is 2.21. The number of carbonyl (C=O) groups is 1. The lowest BCUT2D eigenvalue weighted by Gasteiger charge is -2.33. The topological polar surface area (TPSA) is 61.8 Å². The number of carbonyl (C=O) groups excluding carboxylic acids is 1. The van der Waals surface area contributed by atoms with Crippen LogP contribution in [0.5, 0.6) is 5.75 Å². The number of hydrogen-bond acceptors (Lipinski definition) is 3. The molecule has 0 aromatic heterocycles. The first kappa shape index (κ1) is 18.6. The van der Waals surface area contributed by atoms with Crippen LogP contribution in [0, 0.1) is 13.8 Å². The molecule has 1 heterocycles. The molecule has 0 saturated carbocycles. The maximum Gasteiger partial charge on any atom is 0.317 e. The van der Waals surface area contributed by atoms with Gasteiger partial charge in [-0.15, -0.1) is 0 Å². The largest absolute Gasteiger partial charge is 0.490 e. The molecular formula is C19H30N2O3. The molecule has 0 radical (unpaired) electrons. The van der Waals surface area contributed by atoms with Gasteiger partial charge in [-0.05, 0) is 56.9 Å². The third kappa shape index (κ3) is 5.41. The normalized spacial score (nSPS) is 16.8. The number of ether oxygens (including phenoxy) is 1. The van der Waals surface area contributed by atoms with Crippen molar-refractivity contribution in [2.45, 2.75) is 58.6 Å². The van der Waals surface area contributed by atoms with Gasteiger partial charge in [0.05, 0.1) is 0 Å². The van der Waals surface area contributed by atoms with Crippen molar-refractivity contribution in [2.75, 3.05) is 19.7 Å². The summed E-state index contributed by atoms with van der Waals surface area (Å²) in [5.74, 6) is 0.915. The van der Waals surface area contributed by atoms with E-state index >= 15 is 0 Å². The molecule has 1 fully saturated rings. The van der Waals surface area contributed by atoms with E-state index in [-0.39, 0.29) is 24.8 Å². The number of urea groups is 1. The van der Waals surface area contributed by atoms with Crippen LogP contribution >= 0.6 is 0 Å². The molecule has 1 saturated heterocycles. The second-order valence-electron chi connectivity index (χ2n) is 6.77. The molecule has 2 amide bonds. The van der Waals surface area contributed by atoms with Crippen molar-refractivity contribution in [1.82, 2.24) is 10.2 Å². The van der Waals surface area contributed by atoms with Crippen molar-refractivity contribution in [3.8, 4) is 5.75 Å². The molecule has 0 bridgehead atoms. The molecule has 1 aliphatic rings. The first-order valence-corrected chi connectivity index (χ1v) is 8.90. The number of hydrogen-bond donors (Lipinski definition) is 2. The average Bonchev–Trinajstić information content (AvgIpc) is 2.57. The highest BCUT2D eigenvalue weighted by Gasteiger charge is 2.24. The van der Waals surface area contributed by atoms with Gasteiger partial charge in [-0.25, -0.2) is 4.79 Å². The number of nitrogens with zero attached hydrogens (tertiary/aromatic N) is 1. The zero-order valence-electron chi connectivity index (χ0n) is 15.0. The second-order valence-corrected chi connectivity index (χ2v) is 6.77. The Balaban J connectivity index is 1.76. The van der Waals surface area contributed by atoms with Gasteiger partial charge in [-0.2, -0.15) is 0 Å². The summed E-state index contributed by atoms with van der Waals surface area (Å²) < 4.78 is 6.07. The summed E-state index contributed by atoms with van der Waals surface area (Å²) in [4.78, 5) is 14.1. The number of amides is 2. The Morgan fingerprint density at radius 3 is 2.67 bits per heavy atom. The lowest BCUT2D eigenvalue weighted by Crippen LogP contribution is -2.48. The summed E-state index contributed by atoms with van der Waals surface area (Å²) in [6.07, 6.45) is 3.39. The number of benzene rings is 1. The van der Waals surface area contributed by atoms with Gasteiger partial charge < -0.3 is 20.1 Å². The predicted octanol–water partition coefficient (Wildman–Crippen LogP) is 3.02. The van der Waals surface area contributed by atoms with E-state index in [4.69, 9.17) is 9.84 Å². The fourth-order valence-electron chi connectivity index (χ4n) is 2.93. The van der Waals surface area contributed by atoms with Crippen LogP contribution in [0.2, 0.25) is 0 Å². The smallest absolute Gasteiger partial charge is 0.317 e. The summed E-state index contributed by atoms with van der Waals surface area (Å²) in [7, 11) is 0. The zero-order chi connectivity index (χ0) is 17.5. The van der Waals surface area contributed by atoms with Gasteiger partial charge in [0.2, 0.25) is 0 Å².